The largest absolute Gasteiger partial charge is 0.489 e. The van der Waals surface area contributed by atoms with E-state index in [1.165, 1.54) is 35.6 Å². The Morgan fingerprint density at radius 2 is 2.07 bits per heavy atom. The fourth-order valence-corrected chi connectivity index (χ4v) is 3.49. The molecule has 4 rings (SSSR count). The second kappa shape index (κ2) is 8.07. The van der Waals surface area contributed by atoms with Crippen LogP contribution in [-0.4, -0.2) is 25.8 Å². The van der Waals surface area contributed by atoms with E-state index in [9.17, 15) is 9.18 Å². The van der Waals surface area contributed by atoms with Crippen LogP contribution in [0.3, 0.4) is 0 Å². The predicted octanol–water partition coefficient (Wildman–Crippen LogP) is 4.12. The molecule has 10 heteroatoms. The maximum absolute atomic E-state index is 13.0. The van der Waals surface area contributed by atoms with Crippen LogP contribution in [-0.2, 0) is 13.7 Å². The van der Waals surface area contributed by atoms with Gasteiger partial charge in [-0.3, -0.25) is 14.8 Å². The Bertz CT molecular complexity index is 1200. The van der Waals surface area contributed by atoms with Crippen molar-refractivity contribution in [3.63, 3.8) is 0 Å². The molecule has 0 unspecified atom stereocenters. The molecule has 0 radical (unpaired) electrons. The van der Waals surface area contributed by atoms with Crippen molar-refractivity contribution in [2.24, 2.45) is 7.05 Å². The summed E-state index contributed by atoms with van der Waals surface area (Å²) in [6.07, 6.45) is 1.74. The van der Waals surface area contributed by atoms with E-state index in [2.05, 4.69) is 20.6 Å². The van der Waals surface area contributed by atoms with Crippen molar-refractivity contribution in [2.75, 3.05) is 5.32 Å². The Hall–Kier alpha value is -3.53. The Kier molecular flexibility index (Phi) is 5.32. The molecule has 0 bridgehead atoms. The van der Waals surface area contributed by atoms with Crippen LogP contribution in [0.2, 0.25) is 0 Å². The number of carbonyl (C=O) groups is 1. The first-order valence-corrected chi connectivity index (χ1v) is 9.89. The van der Waals surface area contributed by atoms with E-state index >= 15 is 0 Å². The Morgan fingerprint density at radius 1 is 1.30 bits per heavy atom. The summed E-state index contributed by atoms with van der Waals surface area (Å²) in [6, 6.07) is 5.62. The maximum atomic E-state index is 13.0. The summed E-state index contributed by atoms with van der Waals surface area (Å²) in [5.74, 6) is 0.133. The highest BCUT2D eigenvalue weighted by atomic mass is 32.1. The van der Waals surface area contributed by atoms with E-state index in [-0.39, 0.29) is 18.1 Å². The summed E-state index contributed by atoms with van der Waals surface area (Å²) in [5, 5.41) is 13.1. The Labute approximate surface area is 175 Å². The van der Waals surface area contributed by atoms with Crippen LogP contribution in [0.5, 0.6) is 5.75 Å². The molecule has 0 aliphatic heterocycles. The molecule has 0 aliphatic carbocycles. The fraction of sp³-hybridized carbons (Fsp3) is 0.200. The lowest BCUT2D eigenvalue weighted by Crippen LogP contribution is -2.15. The van der Waals surface area contributed by atoms with Crippen LogP contribution in [0.4, 0.5) is 9.52 Å². The molecule has 8 nitrogen and oxygen atoms in total. The standard InChI is InChI=1S/C20H18FN5O3S/c1-11-15(8-22-26(11)3)17-10-30-20(23-17)24-19(27)18-16(12(2)29-25-18)9-28-14-6-4-13(21)5-7-14/h4-8,10H,9H2,1-3H3,(H,23,24,27). The van der Waals surface area contributed by atoms with Gasteiger partial charge in [0.25, 0.3) is 5.91 Å². The molecule has 1 amide bonds. The van der Waals surface area contributed by atoms with Crippen molar-refractivity contribution in [3.8, 4) is 17.0 Å². The Balaban J connectivity index is 1.48. The molecule has 4 aromatic rings. The molecule has 3 heterocycles. The highest BCUT2D eigenvalue weighted by Gasteiger charge is 2.22. The van der Waals surface area contributed by atoms with Crippen LogP contribution in [0, 0.1) is 19.7 Å². The van der Waals surface area contributed by atoms with Gasteiger partial charge in [-0.15, -0.1) is 11.3 Å². The average molecular weight is 427 g/mol. The number of aryl methyl sites for hydroxylation is 2. The highest BCUT2D eigenvalue weighted by Crippen LogP contribution is 2.27. The minimum atomic E-state index is -0.451. The molecule has 30 heavy (non-hydrogen) atoms. The van der Waals surface area contributed by atoms with Gasteiger partial charge in [0.2, 0.25) is 0 Å². The van der Waals surface area contributed by atoms with Gasteiger partial charge >= 0.3 is 0 Å². The van der Waals surface area contributed by atoms with Crippen molar-refractivity contribution < 1.29 is 18.4 Å². The number of nitrogens with zero attached hydrogens (tertiary/aromatic N) is 4. The van der Waals surface area contributed by atoms with Crippen molar-refractivity contribution in [1.29, 1.82) is 0 Å². The molecule has 0 atom stereocenters. The van der Waals surface area contributed by atoms with E-state index in [1.54, 1.807) is 17.8 Å². The van der Waals surface area contributed by atoms with Crippen molar-refractivity contribution in [1.82, 2.24) is 19.9 Å². The summed E-state index contributed by atoms with van der Waals surface area (Å²) in [5.41, 5.74) is 3.24. The van der Waals surface area contributed by atoms with Gasteiger partial charge in [-0.25, -0.2) is 9.37 Å². The van der Waals surface area contributed by atoms with Gasteiger partial charge in [0.05, 0.1) is 17.5 Å². The normalized spacial score (nSPS) is 10.9. The lowest BCUT2D eigenvalue weighted by atomic mass is 10.2. The third kappa shape index (κ3) is 3.94. The highest BCUT2D eigenvalue weighted by molar-refractivity contribution is 7.14. The molecule has 1 aromatic carbocycles. The van der Waals surface area contributed by atoms with Gasteiger partial charge in [0.15, 0.2) is 10.8 Å². The number of thiazole rings is 1. The number of amides is 1. The third-order valence-corrected chi connectivity index (χ3v) is 5.39. The van der Waals surface area contributed by atoms with Crippen molar-refractivity contribution >= 4 is 22.4 Å². The van der Waals surface area contributed by atoms with Crippen molar-refractivity contribution in [3.05, 3.63) is 64.4 Å². The SMILES string of the molecule is Cc1onc(C(=O)Nc2nc(-c3cnn(C)c3C)cs2)c1COc1ccc(F)cc1. The number of aromatic nitrogens is 4. The number of halogens is 1. The minimum Gasteiger partial charge on any atom is -0.489 e. The van der Waals surface area contributed by atoms with E-state index in [1.807, 2.05) is 19.4 Å². The number of hydrogen-bond acceptors (Lipinski definition) is 7. The lowest BCUT2D eigenvalue weighted by molar-refractivity contribution is 0.101. The summed E-state index contributed by atoms with van der Waals surface area (Å²) >= 11 is 1.30. The average Bonchev–Trinajstić information content (AvgIpc) is 3.42. The Morgan fingerprint density at radius 3 is 2.77 bits per heavy atom. The number of rotatable bonds is 6. The lowest BCUT2D eigenvalue weighted by Gasteiger charge is -2.06. The molecule has 3 aromatic heterocycles. The summed E-state index contributed by atoms with van der Waals surface area (Å²) in [4.78, 5) is 17.2. The second-order valence-corrected chi connectivity index (χ2v) is 7.43. The van der Waals surface area contributed by atoms with Gasteiger partial charge in [0.1, 0.15) is 23.9 Å². The van der Waals surface area contributed by atoms with Crippen LogP contribution >= 0.6 is 11.3 Å². The van der Waals surface area contributed by atoms with E-state index in [0.29, 0.717) is 22.2 Å². The maximum Gasteiger partial charge on any atom is 0.280 e. The van der Waals surface area contributed by atoms with E-state index in [4.69, 9.17) is 9.26 Å². The van der Waals surface area contributed by atoms with Crippen LogP contribution < -0.4 is 10.1 Å². The number of hydrogen-bond donors (Lipinski definition) is 1. The number of anilines is 1. The molecule has 0 saturated carbocycles. The number of benzene rings is 1. The van der Waals surface area contributed by atoms with Gasteiger partial charge in [0, 0.05) is 23.7 Å². The molecular formula is C20H18FN5O3S. The first-order chi connectivity index (χ1) is 14.4. The van der Waals surface area contributed by atoms with Gasteiger partial charge in [-0.2, -0.15) is 5.10 Å². The van der Waals surface area contributed by atoms with Crippen LogP contribution in [0.1, 0.15) is 27.5 Å². The number of carbonyl (C=O) groups excluding carboxylic acids is 1. The van der Waals surface area contributed by atoms with Gasteiger partial charge in [-0.05, 0) is 38.1 Å². The predicted molar refractivity (Wildman–Crippen MR) is 109 cm³/mol. The van der Waals surface area contributed by atoms with Crippen LogP contribution in [0.15, 0.2) is 40.4 Å². The topological polar surface area (TPSA) is 95.1 Å². The summed E-state index contributed by atoms with van der Waals surface area (Å²) in [6.45, 7) is 3.70. The first-order valence-electron chi connectivity index (χ1n) is 9.01. The molecule has 154 valence electrons. The molecule has 0 spiro atoms. The summed E-state index contributed by atoms with van der Waals surface area (Å²) < 4.78 is 25.6. The molecular weight excluding hydrogens is 409 g/mol. The quantitative estimate of drug-likeness (QED) is 0.497. The second-order valence-electron chi connectivity index (χ2n) is 6.57. The zero-order chi connectivity index (χ0) is 21.3. The smallest absolute Gasteiger partial charge is 0.280 e. The molecule has 0 aliphatic rings. The van der Waals surface area contributed by atoms with Gasteiger partial charge in [-0.1, -0.05) is 5.16 Å². The fourth-order valence-electron chi connectivity index (χ4n) is 2.79. The monoisotopic (exact) mass is 427 g/mol. The third-order valence-electron chi connectivity index (χ3n) is 4.63. The molecule has 0 fully saturated rings. The van der Waals surface area contributed by atoms with Crippen LogP contribution in [0.25, 0.3) is 11.3 Å². The zero-order valence-corrected chi connectivity index (χ0v) is 17.3. The number of ether oxygens (including phenoxy) is 1. The molecule has 0 saturated heterocycles. The summed E-state index contributed by atoms with van der Waals surface area (Å²) in [7, 11) is 1.86. The van der Waals surface area contributed by atoms with E-state index < -0.39 is 5.91 Å². The first kappa shape index (κ1) is 19.8. The minimum absolute atomic E-state index is 0.0573. The van der Waals surface area contributed by atoms with Crippen molar-refractivity contribution in [2.45, 2.75) is 20.5 Å². The number of nitrogens with one attached hydrogen (secondary N) is 1. The molecule has 1 N–H and O–H groups in total. The van der Waals surface area contributed by atoms with E-state index in [0.717, 1.165) is 17.0 Å². The zero-order valence-electron chi connectivity index (χ0n) is 16.5. The van der Waals surface area contributed by atoms with Gasteiger partial charge < -0.3 is 9.26 Å².